The van der Waals surface area contributed by atoms with Crippen LogP contribution >= 0.6 is 0 Å². The van der Waals surface area contributed by atoms with Crippen LogP contribution in [0.5, 0.6) is 0 Å². The maximum Gasteiger partial charge on any atom is 0.325 e. The van der Waals surface area contributed by atoms with Crippen molar-refractivity contribution in [2.24, 2.45) is 5.92 Å². The van der Waals surface area contributed by atoms with Crippen molar-refractivity contribution < 1.29 is 9.59 Å². The summed E-state index contributed by atoms with van der Waals surface area (Å²) in [6.45, 7) is 1.88. The molecule has 2 aliphatic heterocycles. The summed E-state index contributed by atoms with van der Waals surface area (Å²) < 4.78 is 0. The fourth-order valence-corrected chi connectivity index (χ4v) is 4.31. The van der Waals surface area contributed by atoms with E-state index in [4.69, 9.17) is 0 Å². The summed E-state index contributed by atoms with van der Waals surface area (Å²) >= 11 is 0. The van der Waals surface area contributed by atoms with Crippen LogP contribution < -0.4 is 10.6 Å². The van der Waals surface area contributed by atoms with E-state index in [1.165, 1.54) is 10.5 Å². The lowest BCUT2D eigenvalue weighted by atomic mass is 9.74. The highest BCUT2D eigenvalue weighted by molar-refractivity contribution is 6.07. The average Bonchev–Trinajstić information content (AvgIpc) is 2.99. The number of carbonyl (C=O) groups is 2. The first-order valence-corrected chi connectivity index (χ1v) is 9.83. The molecule has 3 amide bonds. The van der Waals surface area contributed by atoms with Crippen molar-refractivity contribution in [2.75, 3.05) is 13.1 Å². The molecule has 1 aromatic carbocycles. The van der Waals surface area contributed by atoms with E-state index in [9.17, 15) is 9.59 Å². The minimum Gasteiger partial charge on any atom is -0.323 e. The van der Waals surface area contributed by atoms with E-state index in [0.717, 1.165) is 32.4 Å². The lowest BCUT2D eigenvalue weighted by Gasteiger charge is -2.38. The van der Waals surface area contributed by atoms with Gasteiger partial charge in [-0.3, -0.25) is 19.7 Å². The van der Waals surface area contributed by atoms with E-state index in [1.54, 1.807) is 18.6 Å². The first kappa shape index (κ1) is 18.6. The quantitative estimate of drug-likeness (QED) is 0.749. The molecule has 7 heteroatoms. The number of aryl methyl sites for hydroxylation is 1. The summed E-state index contributed by atoms with van der Waals surface area (Å²) in [6.07, 6.45) is 7.84. The molecule has 0 spiro atoms. The number of aromatic nitrogens is 2. The van der Waals surface area contributed by atoms with Crippen LogP contribution in [0, 0.1) is 5.92 Å². The molecule has 2 fully saturated rings. The van der Waals surface area contributed by atoms with E-state index >= 15 is 0 Å². The summed E-state index contributed by atoms with van der Waals surface area (Å²) in [5, 5.41) is 6.44. The van der Waals surface area contributed by atoms with Gasteiger partial charge in [0.25, 0.3) is 5.91 Å². The first-order valence-electron chi connectivity index (χ1n) is 9.83. The fourth-order valence-electron chi connectivity index (χ4n) is 4.31. The molecular weight excluding hydrogens is 354 g/mol. The molecule has 1 atom stereocenters. The van der Waals surface area contributed by atoms with Crippen LogP contribution in [0.25, 0.3) is 0 Å². The molecule has 28 heavy (non-hydrogen) atoms. The van der Waals surface area contributed by atoms with Gasteiger partial charge in [0, 0.05) is 12.4 Å². The number of imide groups is 1. The van der Waals surface area contributed by atoms with Crippen molar-refractivity contribution >= 4 is 11.9 Å². The van der Waals surface area contributed by atoms with Crippen molar-refractivity contribution in [2.45, 2.75) is 37.8 Å². The maximum atomic E-state index is 13.5. The zero-order chi connectivity index (χ0) is 19.4. The SMILES string of the molecule is O=C1N[C@@](CCc2ccccc2)(C2CCNCC2)C(=O)N1Cc1cnccn1. The molecule has 3 heterocycles. The van der Waals surface area contributed by atoms with Crippen molar-refractivity contribution in [3.8, 4) is 0 Å². The molecule has 0 radical (unpaired) electrons. The second kappa shape index (κ2) is 8.06. The van der Waals surface area contributed by atoms with Gasteiger partial charge in [0.1, 0.15) is 5.54 Å². The molecule has 2 aliphatic rings. The minimum atomic E-state index is -0.850. The Morgan fingerprint density at radius 1 is 1.11 bits per heavy atom. The molecule has 2 aromatic rings. The van der Waals surface area contributed by atoms with Crippen LogP contribution in [0.4, 0.5) is 4.79 Å². The second-order valence-electron chi connectivity index (χ2n) is 7.50. The van der Waals surface area contributed by atoms with Crippen LogP contribution in [-0.4, -0.2) is 45.4 Å². The highest BCUT2D eigenvalue weighted by Crippen LogP contribution is 2.36. The molecule has 7 nitrogen and oxygen atoms in total. The highest BCUT2D eigenvalue weighted by atomic mass is 16.2. The minimum absolute atomic E-state index is 0.126. The third-order valence-corrected chi connectivity index (χ3v) is 5.83. The predicted molar refractivity (Wildman–Crippen MR) is 104 cm³/mol. The van der Waals surface area contributed by atoms with Gasteiger partial charge in [-0.05, 0) is 50.3 Å². The number of carbonyl (C=O) groups excluding carboxylic acids is 2. The first-order chi connectivity index (χ1) is 13.7. The van der Waals surface area contributed by atoms with E-state index in [-0.39, 0.29) is 24.4 Å². The Morgan fingerprint density at radius 2 is 1.89 bits per heavy atom. The number of piperidine rings is 1. The molecule has 0 bridgehead atoms. The molecule has 1 aromatic heterocycles. The van der Waals surface area contributed by atoms with Gasteiger partial charge in [0.05, 0.1) is 18.4 Å². The van der Waals surface area contributed by atoms with Gasteiger partial charge in [-0.2, -0.15) is 0 Å². The summed E-state index contributed by atoms with van der Waals surface area (Å²) in [5.41, 5.74) is 0.928. The molecule has 4 rings (SSSR count). The van der Waals surface area contributed by atoms with Crippen LogP contribution in [0.15, 0.2) is 48.9 Å². The Hall–Kier alpha value is -2.80. The van der Waals surface area contributed by atoms with Crippen LogP contribution in [-0.2, 0) is 17.8 Å². The number of nitrogens with one attached hydrogen (secondary N) is 2. The molecule has 2 N–H and O–H groups in total. The third kappa shape index (κ3) is 3.62. The Bertz CT molecular complexity index is 823. The average molecular weight is 379 g/mol. The van der Waals surface area contributed by atoms with Crippen LogP contribution in [0.2, 0.25) is 0 Å². The monoisotopic (exact) mass is 379 g/mol. The number of hydrogen-bond acceptors (Lipinski definition) is 5. The molecule has 2 saturated heterocycles. The molecule has 0 aliphatic carbocycles. The fraction of sp³-hybridized carbons (Fsp3) is 0.429. The predicted octanol–water partition coefficient (Wildman–Crippen LogP) is 1.90. The lowest BCUT2D eigenvalue weighted by molar-refractivity contribution is -0.134. The molecule has 146 valence electrons. The highest BCUT2D eigenvalue weighted by Gasteiger charge is 2.55. The summed E-state index contributed by atoms with van der Waals surface area (Å²) in [7, 11) is 0. The number of amides is 3. The molecular formula is C21H25N5O2. The van der Waals surface area contributed by atoms with Gasteiger partial charge in [-0.25, -0.2) is 4.79 Å². The Kier molecular flexibility index (Phi) is 5.34. The van der Waals surface area contributed by atoms with E-state index < -0.39 is 5.54 Å². The number of nitrogens with zero attached hydrogens (tertiary/aromatic N) is 3. The number of rotatable bonds is 6. The summed E-state index contributed by atoms with van der Waals surface area (Å²) in [4.78, 5) is 35.9. The van der Waals surface area contributed by atoms with Gasteiger partial charge < -0.3 is 10.6 Å². The zero-order valence-corrected chi connectivity index (χ0v) is 15.8. The number of urea groups is 1. The topological polar surface area (TPSA) is 87.2 Å². The Labute approximate surface area is 164 Å². The number of benzene rings is 1. The Morgan fingerprint density at radius 3 is 2.61 bits per heavy atom. The van der Waals surface area contributed by atoms with Crippen molar-refractivity contribution in [3.05, 3.63) is 60.2 Å². The van der Waals surface area contributed by atoms with Gasteiger partial charge in [-0.1, -0.05) is 30.3 Å². The van der Waals surface area contributed by atoms with Crippen LogP contribution in [0.3, 0.4) is 0 Å². The summed E-state index contributed by atoms with van der Waals surface area (Å²) in [5.74, 6) is -0.00764. The van der Waals surface area contributed by atoms with E-state index in [2.05, 4.69) is 32.7 Å². The van der Waals surface area contributed by atoms with Gasteiger partial charge in [0.2, 0.25) is 0 Å². The number of hydrogen-bond donors (Lipinski definition) is 2. The smallest absolute Gasteiger partial charge is 0.323 e. The van der Waals surface area contributed by atoms with Gasteiger partial charge in [0.15, 0.2) is 0 Å². The second-order valence-corrected chi connectivity index (χ2v) is 7.50. The standard InChI is InChI=1S/C21H25N5O2/c27-19-21(17-7-10-22-11-8-17,9-6-16-4-2-1-3-5-16)25-20(28)26(19)15-18-14-23-12-13-24-18/h1-5,12-14,17,22H,6-11,15H2,(H,25,28)/t21-/m0/s1. The Balaban J connectivity index is 1.59. The normalized spacial score (nSPS) is 23.1. The lowest BCUT2D eigenvalue weighted by Crippen LogP contribution is -2.56. The summed E-state index contributed by atoms with van der Waals surface area (Å²) in [6, 6.07) is 9.78. The zero-order valence-electron chi connectivity index (χ0n) is 15.8. The van der Waals surface area contributed by atoms with Crippen molar-refractivity contribution in [3.63, 3.8) is 0 Å². The largest absolute Gasteiger partial charge is 0.325 e. The molecule has 0 unspecified atom stereocenters. The van der Waals surface area contributed by atoms with Crippen LogP contribution in [0.1, 0.15) is 30.5 Å². The maximum absolute atomic E-state index is 13.5. The van der Waals surface area contributed by atoms with Crippen molar-refractivity contribution in [1.82, 2.24) is 25.5 Å². The third-order valence-electron chi connectivity index (χ3n) is 5.83. The van der Waals surface area contributed by atoms with E-state index in [0.29, 0.717) is 12.1 Å². The molecule has 0 saturated carbocycles. The van der Waals surface area contributed by atoms with E-state index in [1.807, 2.05) is 18.2 Å². The van der Waals surface area contributed by atoms with Gasteiger partial charge >= 0.3 is 6.03 Å². The van der Waals surface area contributed by atoms with Crippen molar-refractivity contribution in [1.29, 1.82) is 0 Å². The van der Waals surface area contributed by atoms with Gasteiger partial charge in [-0.15, -0.1) is 0 Å².